The number of carbonyl (C=O) groups is 1. The number of carbonyl (C=O) groups excluding carboxylic acids is 1. The fourth-order valence-corrected chi connectivity index (χ4v) is 2.31. The van der Waals surface area contributed by atoms with Crippen LogP contribution in [0.1, 0.15) is 29.1 Å². The Hall–Kier alpha value is -1.68. The summed E-state index contributed by atoms with van der Waals surface area (Å²) < 4.78 is 5.39. The minimum atomic E-state index is -0.0274. The lowest BCUT2D eigenvalue weighted by Crippen LogP contribution is -2.30. The van der Waals surface area contributed by atoms with Gasteiger partial charge in [0.1, 0.15) is 5.52 Å². The molecule has 1 aliphatic heterocycles. The Bertz CT molecular complexity index is 568. The van der Waals surface area contributed by atoms with E-state index in [2.05, 4.69) is 10.3 Å². The first-order valence-electron chi connectivity index (χ1n) is 5.89. The third kappa shape index (κ3) is 1.85. The van der Waals surface area contributed by atoms with Gasteiger partial charge in [0, 0.05) is 12.5 Å². The molecule has 1 aromatic heterocycles. The number of aromatic nitrogens is 1. The van der Waals surface area contributed by atoms with Crippen molar-refractivity contribution < 1.29 is 9.21 Å². The first-order chi connectivity index (χ1) is 8.24. The number of nitrogens with zero attached hydrogens (tertiary/aromatic N) is 1. The molecular weight excluding hydrogens is 216 g/mol. The van der Waals surface area contributed by atoms with Crippen LogP contribution in [0.3, 0.4) is 0 Å². The topological polar surface area (TPSA) is 55.1 Å². The fraction of sp³-hybridized carbons (Fsp3) is 0.385. The normalized spacial score (nSPS) is 19.9. The van der Waals surface area contributed by atoms with Crippen LogP contribution in [0, 0.1) is 6.92 Å². The van der Waals surface area contributed by atoms with E-state index in [9.17, 15) is 4.79 Å². The fourth-order valence-electron chi connectivity index (χ4n) is 2.31. The summed E-state index contributed by atoms with van der Waals surface area (Å²) in [5, 5.41) is 3.21. The molecular formula is C13H14N2O2. The molecule has 1 fully saturated rings. The zero-order chi connectivity index (χ0) is 11.8. The average Bonchev–Trinajstić information content (AvgIpc) is 2.94. The molecule has 0 radical (unpaired) electrons. The number of hydrogen-bond acceptors (Lipinski definition) is 4. The van der Waals surface area contributed by atoms with E-state index in [0.717, 1.165) is 30.5 Å². The molecule has 1 atom stereocenters. The van der Waals surface area contributed by atoms with E-state index >= 15 is 0 Å². The summed E-state index contributed by atoms with van der Waals surface area (Å²) in [7, 11) is 0. The number of rotatable bonds is 2. The first-order valence-corrected chi connectivity index (χ1v) is 5.89. The van der Waals surface area contributed by atoms with Crippen LogP contribution in [0.2, 0.25) is 0 Å². The Labute approximate surface area is 99.0 Å². The number of nitrogens with one attached hydrogen (secondary N) is 1. The molecule has 0 aliphatic carbocycles. The van der Waals surface area contributed by atoms with Gasteiger partial charge in [-0.25, -0.2) is 4.98 Å². The van der Waals surface area contributed by atoms with E-state index in [4.69, 9.17) is 4.42 Å². The van der Waals surface area contributed by atoms with Gasteiger partial charge in [0.05, 0.1) is 6.04 Å². The molecule has 17 heavy (non-hydrogen) atoms. The molecule has 2 aromatic rings. The summed E-state index contributed by atoms with van der Waals surface area (Å²) in [6.45, 7) is 2.74. The molecule has 1 unspecified atom stereocenters. The first kappa shape index (κ1) is 10.5. The molecule has 0 spiro atoms. The van der Waals surface area contributed by atoms with Crippen LogP contribution in [0.15, 0.2) is 22.6 Å². The van der Waals surface area contributed by atoms with Gasteiger partial charge in [-0.15, -0.1) is 0 Å². The van der Waals surface area contributed by atoms with E-state index in [0.29, 0.717) is 11.5 Å². The van der Waals surface area contributed by atoms with Gasteiger partial charge >= 0.3 is 0 Å². The smallest absolute Gasteiger partial charge is 0.192 e. The Morgan fingerprint density at radius 1 is 1.53 bits per heavy atom. The minimum Gasteiger partial charge on any atom is -0.441 e. The average molecular weight is 230 g/mol. The van der Waals surface area contributed by atoms with Crippen LogP contribution >= 0.6 is 0 Å². The molecule has 4 heteroatoms. The number of Topliss-reactive ketones (excluding diaryl/α,β-unsaturated/α-hetero) is 1. The van der Waals surface area contributed by atoms with Gasteiger partial charge in [-0.05, 0) is 37.6 Å². The molecule has 1 N–H and O–H groups in total. The zero-order valence-electron chi connectivity index (χ0n) is 9.69. The van der Waals surface area contributed by atoms with Crippen molar-refractivity contribution in [2.45, 2.75) is 25.8 Å². The maximum absolute atomic E-state index is 12.2. The number of hydrogen-bond donors (Lipinski definition) is 1. The number of ketones is 1. The third-order valence-corrected chi connectivity index (χ3v) is 3.16. The number of fused-ring (bicyclic) bond motifs is 1. The third-order valence-electron chi connectivity index (χ3n) is 3.16. The van der Waals surface area contributed by atoms with Crippen LogP contribution in [0.4, 0.5) is 0 Å². The molecule has 0 amide bonds. The van der Waals surface area contributed by atoms with Crippen LogP contribution in [0.25, 0.3) is 11.1 Å². The van der Waals surface area contributed by atoms with E-state index in [1.54, 1.807) is 6.92 Å². The van der Waals surface area contributed by atoms with Crippen LogP contribution in [0.5, 0.6) is 0 Å². The van der Waals surface area contributed by atoms with Crippen molar-refractivity contribution in [3.05, 3.63) is 29.7 Å². The van der Waals surface area contributed by atoms with Gasteiger partial charge in [-0.2, -0.15) is 0 Å². The Balaban J connectivity index is 1.96. The highest BCUT2D eigenvalue weighted by Crippen LogP contribution is 2.19. The van der Waals surface area contributed by atoms with E-state index in [-0.39, 0.29) is 11.8 Å². The van der Waals surface area contributed by atoms with Gasteiger partial charge in [0.2, 0.25) is 0 Å². The molecule has 88 valence electrons. The Morgan fingerprint density at radius 3 is 3.18 bits per heavy atom. The lowest BCUT2D eigenvalue weighted by molar-refractivity contribution is 0.0952. The predicted molar refractivity (Wildman–Crippen MR) is 64.1 cm³/mol. The Kier molecular flexibility index (Phi) is 2.44. The zero-order valence-corrected chi connectivity index (χ0v) is 9.69. The van der Waals surface area contributed by atoms with Crippen molar-refractivity contribution in [1.82, 2.24) is 10.3 Å². The van der Waals surface area contributed by atoms with E-state index in [1.807, 2.05) is 18.2 Å². The highest BCUT2D eigenvalue weighted by Gasteiger charge is 2.23. The lowest BCUT2D eigenvalue weighted by atomic mass is 10.0. The number of benzene rings is 1. The van der Waals surface area contributed by atoms with Gasteiger partial charge in [-0.3, -0.25) is 4.79 Å². The molecule has 0 saturated carbocycles. The summed E-state index contributed by atoms with van der Waals surface area (Å²) >= 11 is 0. The van der Waals surface area contributed by atoms with Crippen LogP contribution < -0.4 is 5.32 Å². The minimum absolute atomic E-state index is 0.0274. The summed E-state index contributed by atoms with van der Waals surface area (Å²) in [6, 6.07) is 5.42. The molecule has 1 aromatic carbocycles. The standard InChI is InChI=1S/C13H14N2O2/c1-8-15-11-7-9(4-5-12(11)17-8)13(16)10-3-2-6-14-10/h4-5,7,10,14H,2-3,6H2,1H3. The molecule has 3 rings (SSSR count). The number of oxazole rings is 1. The monoisotopic (exact) mass is 230 g/mol. The largest absolute Gasteiger partial charge is 0.441 e. The second-order valence-electron chi connectivity index (χ2n) is 4.43. The van der Waals surface area contributed by atoms with E-state index in [1.165, 1.54) is 0 Å². The Morgan fingerprint density at radius 2 is 2.41 bits per heavy atom. The van der Waals surface area contributed by atoms with Gasteiger partial charge in [-0.1, -0.05) is 0 Å². The van der Waals surface area contributed by atoms with E-state index < -0.39 is 0 Å². The van der Waals surface area contributed by atoms with Crippen LogP contribution in [-0.4, -0.2) is 23.4 Å². The summed E-state index contributed by atoms with van der Waals surface area (Å²) in [5.74, 6) is 0.786. The van der Waals surface area contributed by atoms with Crippen molar-refractivity contribution in [2.75, 3.05) is 6.54 Å². The molecule has 0 bridgehead atoms. The van der Waals surface area contributed by atoms with Crippen molar-refractivity contribution in [2.24, 2.45) is 0 Å². The molecule has 1 aliphatic rings. The van der Waals surface area contributed by atoms with Crippen molar-refractivity contribution in [3.63, 3.8) is 0 Å². The molecule has 4 nitrogen and oxygen atoms in total. The second-order valence-corrected chi connectivity index (χ2v) is 4.43. The maximum atomic E-state index is 12.2. The van der Waals surface area contributed by atoms with Gasteiger partial charge < -0.3 is 9.73 Å². The van der Waals surface area contributed by atoms with Gasteiger partial charge in [0.15, 0.2) is 17.3 Å². The van der Waals surface area contributed by atoms with Crippen LogP contribution in [-0.2, 0) is 0 Å². The van der Waals surface area contributed by atoms with Crippen molar-refractivity contribution >= 4 is 16.9 Å². The highest BCUT2D eigenvalue weighted by molar-refractivity contribution is 6.02. The second kappa shape index (κ2) is 3.96. The highest BCUT2D eigenvalue weighted by atomic mass is 16.3. The van der Waals surface area contributed by atoms with Crippen molar-refractivity contribution in [3.8, 4) is 0 Å². The lowest BCUT2D eigenvalue weighted by Gasteiger charge is -2.08. The molecule has 1 saturated heterocycles. The number of aryl methyl sites for hydroxylation is 1. The summed E-state index contributed by atoms with van der Waals surface area (Å²) in [5.41, 5.74) is 2.20. The maximum Gasteiger partial charge on any atom is 0.192 e. The predicted octanol–water partition coefficient (Wildman–Crippen LogP) is 2.07. The SMILES string of the molecule is Cc1nc2cc(C(=O)C3CCCN3)ccc2o1. The van der Waals surface area contributed by atoms with Gasteiger partial charge in [0.25, 0.3) is 0 Å². The quantitative estimate of drug-likeness (QED) is 0.802. The van der Waals surface area contributed by atoms with Crippen molar-refractivity contribution in [1.29, 1.82) is 0 Å². The summed E-state index contributed by atoms with van der Waals surface area (Å²) in [4.78, 5) is 16.4. The summed E-state index contributed by atoms with van der Waals surface area (Å²) in [6.07, 6.45) is 2.00. The molecule has 2 heterocycles.